The molecule has 3 aromatic rings. The van der Waals surface area contributed by atoms with Crippen LogP contribution in [0.5, 0.6) is 0 Å². The van der Waals surface area contributed by atoms with Crippen molar-refractivity contribution in [1.82, 2.24) is 24.6 Å². The molecule has 0 bridgehead atoms. The van der Waals surface area contributed by atoms with Gasteiger partial charge in [0, 0.05) is 32.2 Å². The van der Waals surface area contributed by atoms with E-state index >= 15 is 0 Å². The average molecular weight is 378 g/mol. The first-order valence-corrected chi connectivity index (χ1v) is 10.1. The summed E-state index contributed by atoms with van der Waals surface area (Å²) >= 11 is 0. The van der Waals surface area contributed by atoms with Crippen LogP contribution in [0.2, 0.25) is 0 Å². The summed E-state index contributed by atoms with van der Waals surface area (Å²) < 4.78 is 7.59. The van der Waals surface area contributed by atoms with E-state index in [0.717, 1.165) is 68.2 Å². The molecule has 2 aromatic heterocycles. The summed E-state index contributed by atoms with van der Waals surface area (Å²) in [7, 11) is 0. The summed E-state index contributed by atoms with van der Waals surface area (Å²) in [5, 5.41) is 5.60. The number of ether oxygens (including phenoxy) is 1. The molecule has 2 saturated heterocycles. The fraction of sp³-hybridized carbons (Fsp3) is 0.476. The van der Waals surface area contributed by atoms with Crippen LogP contribution < -0.4 is 4.90 Å². The number of hydrogen-bond acceptors (Lipinski definition) is 6. The second kappa shape index (κ2) is 7.48. The van der Waals surface area contributed by atoms with Crippen LogP contribution in [0.4, 0.5) is 5.82 Å². The van der Waals surface area contributed by atoms with Gasteiger partial charge in [-0.1, -0.05) is 18.2 Å². The van der Waals surface area contributed by atoms with Crippen LogP contribution in [0, 0.1) is 0 Å². The number of aromatic nitrogens is 4. The number of piperidine rings is 1. The highest BCUT2D eigenvalue weighted by atomic mass is 16.5. The maximum absolute atomic E-state index is 5.70. The summed E-state index contributed by atoms with van der Waals surface area (Å²) in [6.07, 6.45) is 6.22. The highest BCUT2D eigenvalue weighted by Crippen LogP contribution is 2.28. The lowest BCUT2D eigenvalue weighted by molar-refractivity contribution is -0.0373. The van der Waals surface area contributed by atoms with Gasteiger partial charge in [-0.3, -0.25) is 4.90 Å². The highest BCUT2D eigenvalue weighted by Gasteiger charge is 2.29. The van der Waals surface area contributed by atoms with Crippen molar-refractivity contribution in [3.05, 3.63) is 42.9 Å². The quantitative estimate of drug-likeness (QED) is 0.698. The smallest absolute Gasteiger partial charge is 0.168 e. The Balaban J connectivity index is 1.35. The molecule has 0 amide bonds. The molecule has 0 saturated carbocycles. The van der Waals surface area contributed by atoms with Gasteiger partial charge in [0.05, 0.1) is 30.0 Å². The normalized spacial score (nSPS) is 22.0. The number of fused-ring (bicyclic) bond motifs is 1. The Kier molecular flexibility index (Phi) is 4.70. The van der Waals surface area contributed by atoms with Crippen LogP contribution in [0.1, 0.15) is 19.8 Å². The van der Waals surface area contributed by atoms with Crippen molar-refractivity contribution in [2.24, 2.45) is 0 Å². The fourth-order valence-corrected chi connectivity index (χ4v) is 4.46. The molecule has 146 valence electrons. The number of rotatable bonds is 3. The first-order valence-electron chi connectivity index (χ1n) is 10.1. The zero-order valence-electron chi connectivity index (χ0n) is 16.2. The minimum Gasteiger partial charge on any atom is -0.376 e. The molecule has 0 radical (unpaired) electrons. The van der Waals surface area contributed by atoms with Crippen molar-refractivity contribution in [1.29, 1.82) is 0 Å². The first-order chi connectivity index (χ1) is 13.8. The van der Waals surface area contributed by atoms with Gasteiger partial charge in [0.2, 0.25) is 0 Å². The summed E-state index contributed by atoms with van der Waals surface area (Å²) in [6, 6.07) is 10.8. The predicted molar refractivity (Wildman–Crippen MR) is 109 cm³/mol. The second-order valence-corrected chi connectivity index (χ2v) is 7.72. The van der Waals surface area contributed by atoms with Crippen molar-refractivity contribution >= 4 is 16.9 Å². The Morgan fingerprint density at radius 1 is 1.04 bits per heavy atom. The lowest BCUT2D eigenvalue weighted by Gasteiger charge is -2.42. The van der Waals surface area contributed by atoms with E-state index in [1.807, 2.05) is 41.2 Å². The fourth-order valence-electron chi connectivity index (χ4n) is 4.46. The highest BCUT2D eigenvalue weighted by molar-refractivity contribution is 5.87. The third kappa shape index (κ3) is 3.25. The summed E-state index contributed by atoms with van der Waals surface area (Å²) in [5.41, 5.74) is 1.88. The SMILES string of the molecule is CC1CN(C2CCN(c3ncnc4c3cnn4-c3ccccc3)CC2)CCO1. The molecule has 1 atom stereocenters. The number of anilines is 1. The third-order valence-electron chi connectivity index (χ3n) is 5.90. The molecular weight excluding hydrogens is 352 g/mol. The van der Waals surface area contributed by atoms with Crippen molar-refractivity contribution in [3.63, 3.8) is 0 Å². The zero-order chi connectivity index (χ0) is 18.9. The van der Waals surface area contributed by atoms with E-state index in [2.05, 4.69) is 31.8 Å². The van der Waals surface area contributed by atoms with Crippen LogP contribution >= 0.6 is 0 Å². The minimum atomic E-state index is 0.345. The van der Waals surface area contributed by atoms with E-state index in [1.54, 1.807) is 6.33 Å². The van der Waals surface area contributed by atoms with Gasteiger partial charge in [0.15, 0.2) is 5.65 Å². The van der Waals surface area contributed by atoms with Crippen molar-refractivity contribution < 1.29 is 4.74 Å². The van der Waals surface area contributed by atoms with Gasteiger partial charge in [-0.2, -0.15) is 5.10 Å². The molecular formula is C21H26N6O. The van der Waals surface area contributed by atoms with Crippen molar-refractivity contribution in [2.45, 2.75) is 31.9 Å². The van der Waals surface area contributed by atoms with Gasteiger partial charge in [-0.05, 0) is 31.9 Å². The Labute approximate surface area is 164 Å². The first kappa shape index (κ1) is 17.6. The molecule has 0 aliphatic carbocycles. The molecule has 4 heterocycles. The summed E-state index contributed by atoms with van der Waals surface area (Å²) in [6.45, 7) is 7.15. The predicted octanol–water partition coefficient (Wildman–Crippen LogP) is 2.51. The molecule has 7 heteroatoms. The van der Waals surface area contributed by atoms with Gasteiger partial charge >= 0.3 is 0 Å². The molecule has 1 aromatic carbocycles. The lowest BCUT2D eigenvalue weighted by atomic mass is 10.0. The minimum absolute atomic E-state index is 0.345. The van der Waals surface area contributed by atoms with Gasteiger partial charge in [0.25, 0.3) is 0 Å². The maximum atomic E-state index is 5.70. The third-order valence-corrected chi connectivity index (χ3v) is 5.90. The second-order valence-electron chi connectivity index (χ2n) is 7.72. The van der Waals surface area contributed by atoms with Crippen LogP contribution in [-0.4, -0.2) is 69.6 Å². The molecule has 7 nitrogen and oxygen atoms in total. The van der Waals surface area contributed by atoms with Gasteiger partial charge in [-0.15, -0.1) is 0 Å². The van der Waals surface area contributed by atoms with Crippen molar-refractivity contribution in [2.75, 3.05) is 37.7 Å². The number of para-hydroxylation sites is 1. The monoisotopic (exact) mass is 378 g/mol. The Morgan fingerprint density at radius 2 is 1.86 bits per heavy atom. The molecule has 2 fully saturated rings. The van der Waals surface area contributed by atoms with Gasteiger partial charge in [0.1, 0.15) is 12.1 Å². The van der Waals surface area contributed by atoms with E-state index < -0.39 is 0 Å². The number of nitrogens with zero attached hydrogens (tertiary/aromatic N) is 6. The molecule has 0 N–H and O–H groups in total. The molecule has 1 unspecified atom stereocenters. The Morgan fingerprint density at radius 3 is 2.64 bits per heavy atom. The van der Waals surface area contributed by atoms with E-state index in [4.69, 9.17) is 4.74 Å². The van der Waals surface area contributed by atoms with E-state index in [1.165, 1.54) is 0 Å². The Bertz CT molecular complexity index is 934. The number of benzene rings is 1. The molecule has 28 heavy (non-hydrogen) atoms. The van der Waals surface area contributed by atoms with E-state index in [9.17, 15) is 0 Å². The van der Waals surface area contributed by atoms with Crippen LogP contribution in [-0.2, 0) is 4.74 Å². The van der Waals surface area contributed by atoms with E-state index in [0.29, 0.717) is 12.1 Å². The largest absolute Gasteiger partial charge is 0.376 e. The van der Waals surface area contributed by atoms with Crippen LogP contribution in [0.3, 0.4) is 0 Å². The lowest BCUT2D eigenvalue weighted by Crippen LogP contribution is -2.51. The summed E-state index contributed by atoms with van der Waals surface area (Å²) in [5.74, 6) is 1.00. The topological polar surface area (TPSA) is 59.3 Å². The van der Waals surface area contributed by atoms with Crippen molar-refractivity contribution in [3.8, 4) is 5.69 Å². The van der Waals surface area contributed by atoms with Gasteiger partial charge < -0.3 is 9.64 Å². The number of morpholine rings is 1. The Hall–Kier alpha value is -2.51. The van der Waals surface area contributed by atoms with Crippen LogP contribution in [0.15, 0.2) is 42.9 Å². The number of hydrogen-bond donors (Lipinski definition) is 0. The van der Waals surface area contributed by atoms with Gasteiger partial charge in [-0.25, -0.2) is 14.6 Å². The molecule has 5 rings (SSSR count). The molecule has 0 spiro atoms. The van der Waals surface area contributed by atoms with E-state index in [-0.39, 0.29) is 0 Å². The average Bonchev–Trinajstić information content (AvgIpc) is 3.19. The molecule has 2 aliphatic rings. The van der Waals surface area contributed by atoms with Crippen LogP contribution in [0.25, 0.3) is 16.7 Å². The zero-order valence-corrected chi connectivity index (χ0v) is 16.2. The molecule has 2 aliphatic heterocycles. The summed E-state index contributed by atoms with van der Waals surface area (Å²) in [4.78, 5) is 14.1. The standard InChI is InChI=1S/C21H26N6O/c1-16-14-26(11-12-28-16)17-7-9-25(10-8-17)20-19-13-24-27(21(19)23-15-22-20)18-5-3-2-4-6-18/h2-6,13,15-17H,7-12,14H2,1H3. The maximum Gasteiger partial charge on any atom is 0.168 e.